The van der Waals surface area contributed by atoms with E-state index in [-0.39, 0.29) is 5.95 Å². The summed E-state index contributed by atoms with van der Waals surface area (Å²) in [5.41, 5.74) is 8.10. The first kappa shape index (κ1) is 15.6. The second-order valence-electron chi connectivity index (χ2n) is 6.49. The van der Waals surface area contributed by atoms with Crippen molar-refractivity contribution < 1.29 is 4.74 Å². The van der Waals surface area contributed by atoms with Crippen molar-refractivity contribution in [2.45, 2.75) is 32.4 Å². The molecule has 3 rings (SSSR count). The summed E-state index contributed by atoms with van der Waals surface area (Å²) < 4.78 is 7.49. The smallest absolute Gasteiger partial charge is 0.222 e. The summed E-state index contributed by atoms with van der Waals surface area (Å²) in [5, 5.41) is 14.9. The molecule has 0 aliphatic carbocycles. The van der Waals surface area contributed by atoms with Crippen LogP contribution in [0.1, 0.15) is 0 Å². The first-order valence-electron chi connectivity index (χ1n) is 7.38. The minimum atomic E-state index is -1.11. The van der Waals surface area contributed by atoms with E-state index in [4.69, 9.17) is 10.5 Å². The molecule has 3 aromatic heterocycles. The van der Waals surface area contributed by atoms with Crippen molar-refractivity contribution in [1.29, 1.82) is 0 Å². The van der Waals surface area contributed by atoms with Gasteiger partial charge in [0.05, 0.1) is 5.69 Å². The first-order chi connectivity index (χ1) is 10.9. The molecule has 3 N–H and O–H groups in total. The summed E-state index contributed by atoms with van der Waals surface area (Å²) in [7, 11) is -1.11. The Morgan fingerprint density at radius 2 is 2.09 bits per heavy atom. The van der Waals surface area contributed by atoms with E-state index in [9.17, 15) is 0 Å². The zero-order chi connectivity index (χ0) is 16.4. The van der Waals surface area contributed by atoms with Gasteiger partial charge in [-0.1, -0.05) is 19.6 Å². The van der Waals surface area contributed by atoms with Crippen molar-refractivity contribution in [2.75, 3.05) is 12.3 Å². The SMILES string of the molecule is C[Si](C)(C)CCOCn1nccc1-c1nc(N)nc2n[nH]nc12. The van der Waals surface area contributed by atoms with Gasteiger partial charge >= 0.3 is 0 Å². The van der Waals surface area contributed by atoms with Crippen LogP contribution in [0, 0.1) is 0 Å². The number of aromatic amines is 1. The van der Waals surface area contributed by atoms with Crippen molar-refractivity contribution in [3.05, 3.63) is 12.3 Å². The molecular weight excluding hydrogens is 312 g/mol. The lowest BCUT2D eigenvalue weighted by atomic mass is 10.2. The van der Waals surface area contributed by atoms with E-state index in [0.29, 0.717) is 23.6 Å². The van der Waals surface area contributed by atoms with E-state index in [0.717, 1.165) is 18.3 Å². The molecule has 0 aliphatic rings. The monoisotopic (exact) mass is 332 g/mol. The van der Waals surface area contributed by atoms with Gasteiger partial charge in [-0.3, -0.25) is 0 Å². The van der Waals surface area contributed by atoms with Gasteiger partial charge in [-0.15, -0.1) is 5.10 Å². The van der Waals surface area contributed by atoms with E-state index in [2.05, 4.69) is 50.1 Å². The van der Waals surface area contributed by atoms with Gasteiger partial charge in [-0.05, 0) is 12.1 Å². The van der Waals surface area contributed by atoms with E-state index < -0.39 is 8.07 Å². The number of nitrogen functional groups attached to an aromatic ring is 1. The summed E-state index contributed by atoms with van der Waals surface area (Å²) in [6.07, 6.45) is 1.70. The van der Waals surface area contributed by atoms with E-state index in [1.807, 2.05) is 6.07 Å². The summed E-state index contributed by atoms with van der Waals surface area (Å²) in [5.74, 6) is 0.147. The van der Waals surface area contributed by atoms with E-state index >= 15 is 0 Å². The Labute approximate surface area is 134 Å². The molecule has 0 radical (unpaired) electrons. The minimum absolute atomic E-state index is 0.147. The molecule has 0 bridgehead atoms. The molecule has 0 amide bonds. The van der Waals surface area contributed by atoms with Crippen molar-refractivity contribution >= 4 is 25.2 Å². The van der Waals surface area contributed by atoms with Crippen molar-refractivity contribution in [1.82, 2.24) is 35.2 Å². The van der Waals surface area contributed by atoms with Crippen LogP contribution in [0.25, 0.3) is 22.6 Å². The van der Waals surface area contributed by atoms with E-state index in [1.165, 1.54) is 0 Å². The molecule has 122 valence electrons. The lowest BCUT2D eigenvalue weighted by Crippen LogP contribution is -2.22. The molecule has 0 spiro atoms. The molecular formula is C13H20N8OSi. The Balaban J connectivity index is 1.81. The second-order valence-corrected chi connectivity index (χ2v) is 12.1. The van der Waals surface area contributed by atoms with E-state index in [1.54, 1.807) is 10.9 Å². The fourth-order valence-corrected chi connectivity index (χ4v) is 2.86. The average Bonchev–Trinajstić information content (AvgIpc) is 3.10. The Morgan fingerprint density at radius 3 is 2.87 bits per heavy atom. The number of H-pyrrole nitrogens is 1. The number of fused-ring (bicyclic) bond motifs is 1. The zero-order valence-corrected chi connectivity index (χ0v) is 14.4. The number of aromatic nitrogens is 7. The van der Waals surface area contributed by atoms with Crippen LogP contribution in [0.5, 0.6) is 0 Å². The molecule has 0 aromatic carbocycles. The van der Waals surface area contributed by atoms with Crippen LogP contribution in [-0.2, 0) is 11.5 Å². The van der Waals surface area contributed by atoms with Gasteiger partial charge in [0.15, 0.2) is 5.52 Å². The predicted octanol–water partition coefficient (Wildman–Crippen LogP) is 1.51. The van der Waals surface area contributed by atoms with Gasteiger partial charge in [0.25, 0.3) is 0 Å². The number of rotatable bonds is 6. The zero-order valence-electron chi connectivity index (χ0n) is 13.4. The maximum Gasteiger partial charge on any atom is 0.222 e. The van der Waals surface area contributed by atoms with Crippen molar-refractivity contribution in [2.24, 2.45) is 0 Å². The molecule has 0 unspecified atom stereocenters. The molecule has 0 fully saturated rings. The Kier molecular flexibility index (Phi) is 4.09. The number of ether oxygens (including phenoxy) is 1. The molecule has 0 atom stereocenters. The van der Waals surface area contributed by atoms with Gasteiger partial charge in [0.1, 0.15) is 12.4 Å². The number of nitrogens with two attached hydrogens (primary N) is 1. The quantitative estimate of drug-likeness (QED) is 0.518. The minimum Gasteiger partial charge on any atom is -0.368 e. The molecule has 0 aliphatic heterocycles. The van der Waals surface area contributed by atoms with Crippen LogP contribution in [0.4, 0.5) is 5.95 Å². The third-order valence-electron chi connectivity index (χ3n) is 3.37. The highest BCUT2D eigenvalue weighted by Crippen LogP contribution is 2.23. The van der Waals surface area contributed by atoms with Crippen LogP contribution in [0.15, 0.2) is 12.3 Å². The Bertz CT molecular complexity index is 806. The summed E-state index contributed by atoms with van der Waals surface area (Å²) in [4.78, 5) is 8.32. The highest BCUT2D eigenvalue weighted by atomic mass is 28.3. The molecule has 3 aromatic rings. The average molecular weight is 332 g/mol. The van der Waals surface area contributed by atoms with Gasteiger partial charge < -0.3 is 10.5 Å². The lowest BCUT2D eigenvalue weighted by Gasteiger charge is -2.15. The maximum atomic E-state index is 5.76. The van der Waals surface area contributed by atoms with Crippen LogP contribution < -0.4 is 5.73 Å². The number of hydrogen-bond acceptors (Lipinski definition) is 7. The summed E-state index contributed by atoms with van der Waals surface area (Å²) >= 11 is 0. The number of nitrogens with one attached hydrogen (secondary N) is 1. The number of nitrogens with zero attached hydrogens (tertiary/aromatic N) is 6. The summed E-state index contributed by atoms with van der Waals surface area (Å²) in [6, 6.07) is 2.95. The normalized spacial score (nSPS) is 12.1. The van der Waals surface area contributed by atoms with Crippen LogP contribution in [0.2, 0.25) is 25.7 Å². The van der Waals surface area contributed by atoms with Gasteiger partial charge in [-0.2, -0.15) is 20.4 Å². The van der Waals surface area contributed by atoms with Crippen LogP contribution in [0.3, 0.4) is 0 Å². The third kappa shape index (κ3) is 3.54. The van der Waals surface area contributed by atoms with Crippen molar-refractivity contribution in [3.8, 4) is 11.4 Å². The lowest BCUT2D eigenvalue weighted by molar-refractivity contribution is 0.0797. The number of hydrogen-bond donors (Lipinski definition) is 2. The molecule has 10 heteroatoms. The Hall–Kier alpha value is -2.33. The van der Waals surface area contributed by atoms with Crippen LogP contribution >= 0.6 is 0 Å². The predicted molar refractivity (Wildman–Crippen MR) is 89.2 cm³/mol. The van der Waals surface area contributed by atoms with Crippen molar-refractivity contribution in [3.63, 3.8) is 0 Å². The second kappa shape index (κ2) is 6.05. The third-order valence-corrected chi connectivity index (χ3v) is 5.07. The largest absolute Gasteiger partial charge is 0.368 e. The molecule has 3 heterocycles. The fourth-order valence-electron chi connectivity index (χ4n) is 2.11. The maximum absolute atomic E-state index is 5.76. The van der Waals surface area contributed by atoms with Gasteiger partial charge in [0.2, 0.25) is 11.6 Å². The highest BCUT2D eigenvalue weighted by molar-refractivity contribution is 6.76. The molecule has 9 nitrogen and oxygen atoms in total. The molecule has 0 saturated carbocycles. The van der Waals surface area contributed by atoms with Gasteiger partial charge in [0, 0.05) is 20.9 Å². The van der Waals surface area contributed by atoms with Crippen LogP contribution in [-0.4, -0.2) is 49.8 Å². The van der Waals surface area contributed by atoms with Gasteiger partial charge in [-0.25, -0.2) is 9.67 Å². The first-order valence-corrected chi connectivity index (χ1v) is 11.1. The topological polar surface area (TPSA) is 120 Å². The standard InChI is InChI=1S/C13H20N8OSi/c1-23(2,3)7-6-22-8-21-9(4-5-15-21)10-11-12(19-20-18-11)17-13(14)16-10/h4-5H,6-8H2,1-3H3,(H3,14,16,17,18,19,20). The Morgan fingerprint density at radius 1 is 1.26 bits per heavy atom. The summed E-state index contributed by atoms with van der Waals surface area (Å²) in [6.45, 7) is 8.04. The molecule has 0 saturated heterocycles. The molecule has 23 heavy (non-hydrogen) atoms. The highest BCUT2D eigenvalue weighted by Gasteiger charge is 2.16. The fraction of sp³-hybridized carbons (Fsp3) is 0.462. The number of anilines is 1.